The molecule has 1 aliphatic rings. The van der Waals surface area contributed by atoms with E-state index in [4.69, 9.17) is 0 Å². The molecule has 2 aromatic heterocycles. The van der Waals surface area contributed by atoms with Gasteiger partial charge in [0, 0.05) is 42.8 Å². The van der Waals surface area contributed by atoms with Crippen LogP contribution in [0.3, 0.4) is 0 Å². The number of hydrogen-bond acceptors (Lipinski definition) is 5. The molecule has 0 unspecified atom stereocenters. The van der Waals surface area contributed by atoms with Crippen LogP contribution in [0.1, 0.15) is 5.56 Å². The molecule has 4 nitrogen and oxygen atoms in total. The van der Waals surface area contributed by atoms with Crippen molar-refractivity contribution in [1.82, 2.24) is 14.9 Å². The van der Waals surface area contributed by atoms with Gasteiger partial charge >= 0.3 is 0 Å². The Morgan fingerprint density at radius 3 is 2.75 bits per heavy atom. The molecular weight excluding hydrogens is 391 g/mol. The number of piperazine rings is 1. The van der Waals surface area contributed by atoms with Crippen LogP contribution in [0.25, 0.3) is 10.2 Å². The van der Waals surface area contributed by atoms with E-state index < -0.39 is 0 Å². The SMILES string of the molecule is Fc1cc(Br)ccc1CN1CCN(c2ncnc3sccc23)CC1. The highest BCUT2D eigenvalue weighted by molar-refractivity contribution is 9.10. The molecule has 0 bridgehead atoms. The largest absolute Gasteiger partial charge is 0.353 e. The molecule has 1 aliphatic heterocycles. The number of halogens is 2. The number of anilines is 1. The summed E-state index contributed by atoms with van der Waals surface area (Å²) in [7, 11) is 0. The molecular formula is C17H16BrFN4S. The van der Waals surface area contributed by atoms with Crippen LogP contribution in [0.5, 0.6) is 0 Å². The van der Waals surface area contributed by atoms with Gasteiger partial charge in [-0.05, 0) is 23.6 Å². The molecule has 0 atom stereocenters. The van der Waals surface area contributed by atoms with Crippen molar-refractivity contribution < 1.29 is 4.39 Å². The number of rotatable bonds is 3. The van der Waals surface area contributed by atoms with Gasteiger partial charge in [-0.3, -0.25) is 4.90 Å². The summed E-state index contributed by atoms with van der Waals surface area (Å²) < 4.78 is 14.8. The summed E-state index contributed by atoms with van der Waals surface area (Å²) in [5, 5.41) is 3.17. The van der Waals surface area contributed by atoms with Crippen LogP contribution in [0.15, 0.2) is 40.4 Å². The van der Waals surface area contributed by atoms with Gasteiger partial charge in [0.1, 0.15) is 22.8 Å². The molecule has 24 heavy (non-hydrogen) atoms. The van der Waals surface area contributed by atoms with Crippen LogP contribution in [0.2, 0.25) is 0 Å². The number of aromatic nitrogens is 2. The van der Waals surface area contributed by atoms with E-state index in [2.05, 4.69) is 47.1 Å². The fourth-order valence-electron chi connectivity index (χ4n) is 3.04. The lowest BCUT2D eigenvalue weighted by molar-refractivity contribution is 0.246. The maximum Gasteiger partial charge on any atom is 0.140 e. The summed E-state index contributed by atoms with van der Waals surface area (Å²) in [6.07, 6.45) is 1.64. The number of benzene rings is 1. The zero-order chi connectivity index (χ0) is 16.5. The van der Waals surface area contributed by atoms with Crippen LogP contribution in [-0.4, -0.2) is 41.0 Å². The molecule has 4 rings (SSSR count). The third-order valence-electron chi connectivity index (χ3n) is 4.32. The summed E-state index contributed by atoms with van der Waals surface area (Å²) in [6, 6.07) is 7.35. The van der Waals surface area contributed by atoms with Gasteiger partial charge in [0.05, 0.1) is 5.39 Å². The number of fused-ring (bicyclic) bond motifs is 1. The molecule has 0 N–H and O–H groups in total. The maximum absolute atomic E-state index is 14.0. The van der Waals surface area contributed by atoms with E-state index in [1.807, 2.05) is 12.1 Å². The van der Waals surface area contributed by atoms with Gasteiger partial charge in [0.25, 0.3) is 0 Å². The molecule has 124 valence electrons. The van der Waals surface area contributed by atoms with E-state index in [1.165, 1.54) is 6.07 Å². The maximum atomic E-state index is 14.0. The lowest BCUT2D eigenvalue weighted by atomic mass is 10.2. The summed E-state index contributed by atoms with van der Waals surface area (Å²) in [4.78, 5) is 14.4. The number of nitrogens with zero attached hydrogens (tertiary/aromatic N) is 4. The van der Waals surface area contributed by atoms with Crippen LogP contribution in [-0.2, 0) is 6.54 Å². The highest BCUT2D eigenvalue weighted by Crippen LogP contribution is 2.27. The second kappa shape index (κ2) is 6.74. The number of hydrogen-bond donors (Lipinski definition) is 0. The van der Waals surface area contributed by atoms with Gasteiger partial charge < -0.3 is 4.90 Å². The zero-order valence-electron chi connectivity index (χ0n) is 13.0. The van der Waals surface area contributed by atoms with Crippen molar-refractivity contribution in [2.24, 2.45) is 0 Å². The van der Waals surface area contributed by atoms with Crippen molar-refractivity contribution in [2.75, 3.05) is 31.1 Å². The summed E-state index contributed by atoms with van der Waals surface area (Å²) >= 11 is 4.94. The van der Waals surface area contributed by atoms with Crippen molar-refractivity contribution in [3.63, 3.8) is 0 Å². The van der Waals surface area contributed by atoms with E-state index in [1.54, 1.807) is 17.7 Å². The molecule has 0 spiro atoms. The normalized spacial score (nSPS) is 16.0. The average molecular weight is 407 g/mol. The molecule has 3 aromatic rings. The summed E-state index contributed by atoms with van der Waals surface area (Å²) in [5.74, 6) is 0.860. The molecule has 1 fully saturated rings. The molecule has 1 saturated heterocycles. The predicted octanol–water partition coefficient (Wildman–Crippen LogP) is 3.92. The highest BCUT2D eigenvalue weighted by Gasteiger charge is 2.21. The minimum atomic E-state index is -0.150. The Hall–Kier alpha value is -1.57. The van der Waals surface area contributed by atoms with Gasteiger partial charge in [0.15, 0.2) is 0 Å². The van der Waals surface area contributed by atoms with E-state index in [0.29, 0.717) is 6.54 Å². The van der Waals surface area contributed by atoms with Crippen molar-refractivity contribution in [1.29, 1.82) is 0 Å². The smallest absolute Gasteiger partial charge is 0.140 e. The lowest BCUT2D eigenvalue weighted by Gasteiger charge is -2.35. The Labute approximate surface area is 152 Å². The Morgan fingerprint density at radius 2 is 1.96 bits per heavy atom. The van der Waals surface area contributed by atoms with Gasteiger partial charge in [0.2, 0.25) is 0 Å². The Bertz CT molecular complexity index is 861. The Balaban J connectivity index is 1.44. The molecule has 1 aromatic carbocycles. The van der Waals surface area contributed by atoms with Crippen molar-refractivity contribution in [2.45, 2.75) is 6.54 Å². The predicted molar refractivity (Wildman–Crippen MR) is 99.0 cm³/mol. The van der Waals surface area contributed by atoms with Crippen LogP contribution in [0.4, 0.5) is 10.2 Å². The van der Waals surface area contributed by atoms with Crippen LogP contribution >= 0.6 is 27.3 Å². The number of thiophene rings is 1. The minimum Gasteiger partial charge on any atom is -0.353 e. The second-order valence-electron chi connectivity index (χ2n) is 5.84. The molecule has 7 heteroatoms. The van der Waals surface area contributed by atoms with E-state index >= 15 is 0 Å². The molecule has 0 aliphatic carbocycles. The fraction of sp³-hybridized carbons (Fsp3) is 0.294. The quantitative estimate of drug-likeness (QED) is 0.659. The first kappa shape index (κ1) is 15.9. The summed E-state index contributed by atoms with van der Waals surface area (Å²) in [6.45, 7) is 4.21. The minimum absolute atomic E-state index is 0.150. The first-order chi connectivity index (χ1) is 11.7. The van der Waals surface area contributed by atoms with Gasteiger partial charge in [-0.2, -0.15) is 0 Å². The van der Waals surface area contributed by atoms with E-state index in [-0.39, 0.29) is 5.82 Å². The highest BCUT2D eigenvalue weighted by atomic mass is 79.9. The molecule has 0 amide bonds. The third-order valence-corrected chi connectivity index (χ3v) is 5.64. The first-order valence-corrected chi connectivity index (χ1v) is 9.47. The van der Waals surface area contributed by atoms with E-state index in [9.17, 15) is 4.39 Å². The second-order valence-corrected chi connectivity index (χ2v) is 7.65. The third kappa shape index (κ3) is 3.16. The first-order valence-electron chi connectivity index (χ1n) is 7.80. The topological polar surface area (TPSA) is 32.3 Å². The van der Waals surface area contributed by atoms with Gasteiger partial charge in [-0.25, -0.2) is 14.4 Å². The van der Waals surface area contributed by atoms with Crippen LogP contribution in [0, 0.1) is 5.82 Å². The zero-order valence-corrected chi connectivity index (χ0v) is 15.4. The van der Waals surface area contributed by atoms with Crippen molar-refractivity contribution in [3.05, 3.63) is 51.8 Å². The molecule has 0 saturated carbocycles. The fourth-order valence-corrected chi connectivity index (χ4v) is 4.10. The van der Waals surface area contributed by atoms with Gasteiger partial charge in [-0.1, -0.05) is 22.0 Å². The van der Waals surface area contributed by atoms with Gasteiger partial charge in [-0.15, -0.1) is 11.3 Å². The average Bonchev–Trinajstić information content (AvgIpc) is 3.07. The van der Waals surface area contributed by atoms with Crippen molar-refractivity contribution in [3.8, 4) is 0 Å². The summed E-state index contributed by atoms with van der Waals surface area (Å²) in [5.41, 5.74) is 0.744. The van der Waals surface area contributed by atoms with E-state index in [0.717, 1.165) is 52.2 Å². The Kier molecular flexibility index (Phi) is 4.47. The van der Waals surface area contributed by atoms with Crippen molar-refractivity contribution >= 4 is 43.3 Å². The Morgan fingerprint density at radius 1 is 1.12 bits per heavy atom. The lowest BCUT2D eigenvalue weighted by Crippen LogP contribution is -2.46. The standard InChI is InChI=1S/C17H16BrFN4S/c18-13-2-1-12(15(19)9-13)10-22-4-6-23(7-5-22)16-14-3-8-24-17(14)21-11-20-16/h1-3,8-9,11H,4-7,10H2. The molecule has 3 heterocycles. The molecule has 0 radical (unpaired) electrons. The monoisotopic (exact) mass is 406 g/mol. The van der Waals surface area contributed by atoms with Crippen LogP contribution < -0.4 is 4.90 Å².